The molecule has 96 valence electrons. The minimum atomic E-state index is -0.274. The van der Waals surface area contributed by atoms with E-state index in [0.29, 0.717) is 17.1 Å². The summed E-state index contributed by atoms with van der Waals surface area (Å²) in [6, 6.07) is 12.8. The number of aromatic nitrogens is 1. The fourth-order valence-electron chi connectivity index (χ4n) is 2.16. The molecule has 0 fully saturated rings. The lowest BCUT2D eigenvalue weighted by molar-refractivity contribution is 0.602. The first kappa shape index (κ1) is 12.7. The van der Waals surface area contributed by atoms with Crippen LogP contribution in [0.3, 0.4) is 0 Å². The molecule has 3 aromatic rings. The minimum absolute atomic E-state index is 0.274. The molecule has 0 aliphatic rings. The first-order valence-corrected chi connectivity index (χ1v) is 6.99. The van der Waals surface area contributed by atoms with Crippen molar-refractivity contribution in [2.75, 3.05) is 0 Å². The maximum Gasteiger partial charge on any atom is 0.129 e. The molecule has 0 aliphatic heterocycles. The van der Waals surface area contributed by atoms with Crippen LogP contribution < -0.4 is 0 Å². The second-order valence-corrected chi connectivity index (χ2v) is 5.64. The quantitative estimate of drug-likeness (QED) is 0.602. The van der Waals surface area contributed by atoms with Gasteiger partial charge in [-0.2, -0.15) is 0 Å². The van der Waals surface area contributed by atoms with Crippen molar-refractivity contribution in [3.05, 3.63) is 69.5 Å². The van der Waals surface area contributed by atoms with Crippen LogP contribution in [0.15, 0.2) is 53.1 Å². The van der Waals surface area contributed by atoms with Crippen molar-refractivity contribution in [3.8, 4) is 0 Å². The zero-order valence-electron chi connectivity index (χ0n) is 9.91. The highest BCUT2D eigenvalue weighted by atomic mass is 79.9. The zero-order chi connectivity index (χ0) is 13.4. The van der Waals surface area contributed by atoms with Crippen LogP contribution in [0.2, 0.25) is 5.02 Å². The Labute approximate surface area is 123 Å². The predicted octanol–water partition coefficient (Wildman–Crippen LogP) is 5.24. The normalized spacial score (nSPS) is 11.1. The van der Waals surface area contributed by atoms with Crippen molar-refractivity contribution in [1.82, 2.24) is 4.57 Å². The molecule has 2 aromatic carbocycles. The average Bonchev–Trinajstić information content (AvgIpc) is 2.78. The van der Waals surface area contributed by atoms with Gasteiger partial charge >= 0.3 is 0 Å². The SMILES string of the molecule is Fc1cc(Cl)ccc1Cn1ccc2c(Br)cccc21. The Balaban J connectivity index is 2.04. The second kappa shape index (κ2) is 4.99. The van der Waals surface area contributed by atoms with Gasteiger partial charge in [0, 0.05) is 32.2 Å². The van der Waals surface area contributed by atoms with Crippen molar-refractivity contribution >= 4 is 38.4 Å². The van der Waals surface area contributed by atoms with Crippen LogP contribution in [-0.4, -0.2) is 4.57 Å². The summed E-state index contributed by atoms with van der Waals surface area (Å²) in [6.45, 7) is 0.489. The van der Waals surface area contributed by atoms with Gasteiger partial charge in [0.1, 0.15) is 5.82 Å². The summed E-state index contributed by atoms with van der Waals surface area (Å²) in [6.07, 6.45) is 1.96. The molecule has 3 rings (SSSR count). The summed E-state index contributed by atoms with van der Waals surface area (Å²) < 4.78 is 16.9. The number of fused-ring (bicyclic) bond motifs is 1. The molecule has 1 aromatic heterocycles. The van der Waals surface area contributed by atoms with Crippen molar-refractivity contribution < 1.29 is 4.39 Å². The van der Waals surface area contributed by atoms with Gasteiger partial charge in [0.05, 0.1) is 6.54 Å². The highest BCUT2D eigenvalue weighted by molar-refractivity contribution is 9.10. The van der Waals surface area contributed by atoms with E-state index < -0.39 is 0 Å². The number of nitrogens with zero attached hydrogens (tertiary/aromatic N) is 1. The minimum Gasteiger partial charge on any atom is -0.343 e. The lowest BCUT2D eigenvalue weighted by Crippen LogP contribution is -2.00. The molecule has 0 saturated heterocycles. The molecule has 19 heavy (non-hydrogen) atoms. The summed E-state index contributed by atoms with van der Waals surface area (Å²) in [5, 5.41) is 1.54. The van der Waals surface area contributed by atoms with Crippen LogP contribution in [0.5, 0.6) is 0 Å². The zero-order valence-corrected chi connectivity index (χ0v) is 12.2. The highest BCUT2D eigenvalue weighted by Crippen LogP contribution is 2.26. The first-order chi connectivity index (χ1) is 9.15. The number of hydrogen-bond donors (Lipinski definition) is 0. The Morgan fingerprint density at radius 2 is 2.00 bits per heavy atom. The lowest BCUT2D eigenvalue weighted by atomic mass is 10.2. The lowest BCUT2D eigenvalue weighted by Gasteiger charge is -2.07. The van der Waals surface area contributed by atoms with Gasteiger partial charge < -0.3 is 4.57 Å². The number of benzene rings is 2. The van der Waals surface area contributed by atoms with Gasteiger partial charge in [-0.1, -0.05) is 39.7 Å². The van der Waals surface area contributed by atoms with Crippen LogP contribution >= 0.6 is 27.5 Å². The van der Waals surface area contributed by atoms with Gasteiger partial charge in [-0.15, -0.1) is 0 Å². The van der Waals surface area contributed by atoms with E-state index >= 15 is 0 Å². The molecule has 0 unspecified atom stereocenters. The number of halogens is 3. The fourth-order valence-corrected chi connectivity index (χ4v) is 2.80. The molecule has 0 saturated carbocycles. The van der Waals surface area contributed by atoms with Crippen molar-refractivity contribution in [3.63, 3.8) is 0 Å². The molecular weight excluding hydrogens is 329 g/mol. The average molecular weight is 339 g/mol. The fraction of sp³-hybridized carbons (Fsp3) is 0.0667. The molecule has 0 bridgehead atoms. The Hall–Kier alpha value is -1.32. The Morgan fingerprint density at radius 3 is 2.79 bits per heavy atom. The third-order valence-corrected chi connectivity index (χ3v) is 4.04. The third-order valence-electron chi connectivity index (χ3n) is 3.12. The molecule has 0 aliphatic carbocycles. The van der Waals surface area contributed by atoms with Gasteiger partial charge in [-0.05, 0) is 30.3 Å². The van der Waals surface area contributed by atoms with Crippen LogP contribution in [0.25, 0.3) is 10.9 Å². The van der Waals surface area contributed by atoms with Crippen molar-refractivity contribution in [1.29, 1.82) is 0 Å². The molecule has 0 N–H and O–H groups in total. The molecule has 4 heteroatoms. The summed E-state index contributed by atoms with van der Waals surface area (Å²) in [4.78, 5) is 0. The summed E-state index contributed by atoms with van der Waals surface area (Å²) >= 11 is 9.28. The van der Waals surface area contributed by atoms with Crippen LogP contribution in [0.1, 0.15) is 5.56 Å². The van der Waals surface area contributed by atoms with E-state index in [2.05, 4.69) is 15.9 Å². The summed E-state index contributed by atoms with van der Waals surface area (Å²) in [7, 11) is 0. The van der Waals surface area contributed by atoms with Gasteiger partial charge in [-0.25, -0.2) is 4.39 Å². The molecule has 0 radical (unpaired) electrons. The van der Waals surface area contributed by atoms with E-state index in [1.807, 2.05) is 35.0 Å². The predicted molar refractivity (Wildman–Crippen MR) is 80.2 cm³/mol. The van der Waals surface area contributed by atoms with Gasteiger partial charge in [0.2, 0.25) is 0 Å². The molecular formula is C15H10BrClFN. The molecule has 0 spiro atoms. The molecule has 0 atom stereocenters. The van der Waals surface area contributed by atoms with Crippen LogP contribution in [0, 0.1) is 5.82 Å². The van der Waals surface area contributed by atoms with E-state index in [1.165, 1.54) is 6.07 Å². The van der Waals surface area contributed by atoms with Gasteiger partial charge in [-0.3, -0.25) is 0 Å². The third kappa shape index (κ3) is 2.40. The maximum atomic E-state index is 13.8. The largest absolute Gasteiger partial charge is 0.343 e. The Bertz CT molecular complexity index is 751. The highest BCUT2D eigenvalue weighted by Gasteiger charge is 2.07. The maximum absolute atomic E-state index is 13.8. The van der Waals surface area contributed by atoms with Crippen LogP contribution in [-0.2, 0) is 6.54 Å². The molecule has 1 heterocycles. The van der Waals surface area contributed by atoms with Gasteiger partial charge in [0.15, 0.2) is 0 Å². The number of rotatable bonds is 2. The topological polar surface area (TPSA) is 4.93 Å². The second-order valence-electron chi connectivity index (χ2n) is 4.35. The Kier molecular flexibility index (Phi) is 3.33. The monoisotopic (exact) mass is 337 g/mol. The Morgan fingerprint density at radius 1 is 1.16 bits per heavy atom. The van der Waals surface area contributed by atoms with E-state index in [0.717, 1.165) is 15.4 Å². The van der Waals surface area contributed by atoms with Gasteiger partial charge in [0.25, 0.3) is 0 Å². The molecule has 0 amide bonds. The van der Waals surface area contributed by atoms with E-state index in [4.69, 9.17) is 11.6 Å². The van der Waals surface area contributed by atoms with E-state index in [-0.39, 0.29) is 5.82 Å². The van der Waals surface area contributed by atoms with E-state index in [1.54, 1.807) is 12.1 Å². The summed E-state index contributed by atoms with van der Waals surface area (Å²) in [5.41, 5.74) is 1.70. The smallest absolute Gasteiger partial charge is 0.129 e. The molecule has 1 nitrogen and oxygen atoms in total. The van der Waals surface area contributed by atoms with Crippen molar-refractivity contribution in [2.45, 2.75) is 6.54 Å². The van der Waals surface area contributed by atoms with E-state index in [9.17, 15) is 4.39 Å². The standard InChI is InChI=1S/C15H10BrClFN/c16-13-2-1-3-15-12(13)6-7-19(15)9-10-4-5-11(17)8-14(10)18/h1-8H,9H2. The first-order valence-electron chi connectivity index (χ1n) is 5.82. The summed E-state index contributed by atoms with van der Waals surface area (Å²) in [5.74, 6) is -0.274. The van der Waals surface area contributed by atoms with Crippen molar-refractivity contribution in [2.24, 2.45) is 0 Å². The van der Waals surface area contributed by atoms with Crippen LogP contribution in [0.4, 0.5) is 4.39 Å². The number of hydrogen-bond acceptors (Lipinski definition) is 0.